The second-order valence-corrected chi connectivity index (χ2v) is 7.15. The van der Waals surface area contributed by atoms with Crippen molar-refractivity contribution in [1.82, 2.24) is 14.5 Å². The number of aryl methyl sites for hydroxylation is 1. The monoisotopic (exact) mass is 400 g/mol. The van der Waals surface area contributed by atoms with Crippen LogP contribution in [0.3, 0.4) is 0 Å². The zero-order chi connectivity index (χ0) is 20.9. The first-order chi connectivity index (χ1) is 14.6. The zero-order valence-electron chi connectivity index (χ0n) is 17.1. The lowest BCUT2D eigenvalue weighted by Crippen LogP contribution is -2.13. The number of fused-ring (bicyclic) bond motifs is 1. The lowest BCUT2D eigenvalue weighted by atomic mass is 10.1. The van der Waals surface area contributed by atoms with E-state index in [1.54, 1.807) is 12.4 Å². The number of amides is 1. The third-order valence-corrected chi connectivity index (χ3v) is 4.80. The number of carbonyl (C=O) groups is 1. The van der Waals surface area contributed by atoms with Crippen LogP contribution >= 0.6 is 0 Å². The highest BCUT2D eigenvalue weighted by Gasteiger charge is 2.14. The Morgan fingerprint density at radius 3 is 2.80 bits per heavy atom. The average molecular weight is 400 g/mol. The van der Waals surface area contributed by atoms with Gasteiger partial charge in [-0.25, -0.2) is 9.97 Å². The van der Waals surface area contributed by atoms with Crippen LogP contribution in [-0.2, 0) is 0 Å². The third kappa shape index (κ3) is 4.33. The predicted octanol–water partition coefficient (Wildman–Crippen LogP) is 5.16. The first kappa shape index (κ1) is 19.6. The number of nitrogens with one attached hydrogen (secondary N) is 1. The van der Waals surface area contributed by atoms with Gasteiger partial charge in [0.05, 0.1) is 29.7 Å². The van der Waals surface area contributed by atoms with Gasteiger partial charge in [0, 0.05) is 29.0 Å². The van der Waals surface area contributed by atoms with Gasteiger partial charge in [0.25, 0.3) is 5.91 Å². The van der Waals surface area contributed by atoms with Crippen LogP contribution in [0.1, 0.15) is 35.8 Å². The SMILES string of the molecule is CCCCOc1cc(C(=O)Nc2cccc(-n3cnc(C)c3)c2)c2ccccc2n1. The molecular formula is C24H24N4O2. The normalized spacial score (nSPS) is 10.9. The summed E-state index contributed by atoms with van der Waals surface area (Å²) < 4.78 is 7.70. The molecule has 2 aromatic heterocycles. The van der Waals surface area contributed by atoms with Gasteiger partial charge in [-0.3, -0.25) is 4.79 Å². The van der Waals surface area contributed by atoms with Gasteiger partial charge in [-0.1, -0.05) is 37.6 Å². The number of carbonyl (C=O) groups excluding carboxylic acids is 1. The van der Waals surface area contributed by atoms with E-state index in [9.17, 15) is 4.79 Å². The summed E-state index contributed by atoms with van der Waals surface area (Å²) in [6.45, 7) is 4.63. The molecule has 0 aliphatic carbocycles. The van der Waals surface area contributed by atoms with E-state index in [2.05, 4.69) is 22.2 Å². The van der Waals surface area contributed by atoms with Crippen molar-refractivity contribution in [1.29, 1.82) is 0 Å². The molecule has 4 rings (SSSR count). The molecule has 0 spiro atoms. The van der Waals surface area contributed by atoms with Gasteiger partial charge < -0.3 is 14.6 Å². The molecule has 1 N–H and O–H groups in total. The van der Waals surface area contributed by atoms with Crippen LogP contribution < -0.4 is 10.1 Å². The summed E-state index contributed by atoms with van der Waals surface area (Å²) in [5.74, 6) is 0.267. The van der Waals surface area contributed by atoms with Gasteiger partial charge in [0.2, 0.25) is 5.88 Å². The number of hydrogen-bond acceptors (Lipinski definition) is 4. The smallest absolute Gasteiger partial charge is 0.256 e. The molecular weight excluding hydrogens is 376 g/mol. The second-order valence-electron chi connectivity index (χ2n) is 7.15. The fraction of sp³-hybridized carbons (Fsp3) is 0.208. The van der Waals surface area contributed by atoms with E-state index in [4.69, 9.17) is 4.74 Å². The molecule has 30 heavy (non-hydrogen) atoms. The Kier molecular flexibility index (Phi) is 5.75. The van der Waals surface area contributed by atoms with Crippen molar-refractivity contribution in [2.24, 2.45) is 0 Å². The van der Waals surface area contributed by atoms with Crippen LogP contribution in [0, 0.1) is 6.92 Å². The number of unbranched alkanes of at least 4 members (excludes halogenated alkanes) is 1. The van der Waals surface area contributed by atoms with Crippen molar-refractivity contribution in [2.45, 2.75) is 26.7 Å². The minimum atomic E-state index is -0.201. The highest BCUT2D eigenvalue weighted by Crippen LogP contribution is 2.24. The molecule has 0 bridgehead atoms. The molecule has 0 saturated heterocycles. The number of ether oxygens (including phenoxy) is 1. The van der Waals surface area contributed by atoms with E-state index in [0.717, 1.165) is 35.1 Å². The molecule has 0 aliphatic heterocycles. The number of anilines is 1. The average Bonchev–Trinajstić information content (AvgIpc) is 3.20. The molecule has 0 aliphatic rings. The van der Waals surface area contributed by atoms with Gasteiger partial charge in [-0.05, 0) is 37.6 Å². The molecule has 4 aromatic rings. The summed E-state index contributed by atoms with van der Waals surface area (Å²) in [6.07, 6.45) is 5.67. The van der Waals surface area contributed by atoms with E-state index < -0.39 is 0 Å². The Balaban J connectivity index is 1.63. The zero-order valence-corrected chi connectivity index (χ0v) is 17.1. The maximum atomic E-state index is 13.1. The number of benzene rings is 2. The Bertz CT molecular complexity index is 1180. The molecule has 0 radical (unpaired) electrons. The third-order valence-electron chi connectivity index (χ3n) is 4.80. The lowest BCUT2D eigenvalue weighted by Gasteiger charge is -2.12. The number of para-hydroxylation sites is 1. The summed E-state index contributed by atoms with van der Waals surface area (Å²) in [4.78, 5) is 21.9. The van der Waals surface area contributed by atoms with Crippen LogP contribution in [0.4, 0.5) is 5.69 Å². The molecule has 1 amide bonds. The molecule has 152 valence electrons. The second kappa shape index (κ2) is 8.78. The summed E-state index contributed by atoms with van der Waals surface area (Å²) in [5.41, 5.74) is 3.84. The number of imidazole rings is 1. The maximum absolute atomic E-state index is 13.1. The van der Waals surface area contributed by atoms with Gasteiger partial charge in [0.15, 0.2) is 0 Å². The van der Waals surface area contributed by atoms with Crippen molar-refractivity contribution >= 4 is 22.5 Å². The Morgan fingerprint density at radius 2 is 2.00 bits per heavy atom. The standard InChI is InChI=1S/C24H24N4O2/c1-3-4-12-30-23-14-21(20-10-5-6-11-22(20)27-23)24(29)26-18-8-7-9-19(13-18)28-15-17(2)25-16-28/h5-11,13-16H,3-4,12H2,1-2H3,(H,26,29). The minimum absolute atomic E-state index is 0.201. The Labute approximate surface area is 175 Å². The maximum Gasteiger partial charge on any atom is 0.256 e. The van der Waals surface area contributed by atoms with Crippen LogP contribution in [0.15, 0.2) is 67.1 Å². The fourth-order valence-electron chi connectivity index (χ4n) is 3.24. The van der Waals surface area contributed by atoms with Crippen LogP contribution in [0.25, 0.3) is 16.6 Å². The highest BCUT2D eigenvalue weighted by atomic mass is 16.5. The molecule has 2 heterocycles. The van der Waals surface area contributed by atoms with Crippen molar-refractivity contribution in [3.8, 4) is 11.6 Å². The van der Waals surface area contributed by atoms with Crippen LogP contribution in [0.5, 0.6) is 5.88 Å². The Hall–Kier alpha value is -3.67. The molecule has 0 unspecified atom stereocenters. The summed E-state index contributed by atoms with van der Waals surface area (Å²) in [6, 6.07) is 17.0. The first-order valence-electron chi connectivity index (χ1n) is 10.1. The van der Waals surface area contributed by atoms with Crippen molar-refractivity contribution in [3.05, 3.63) is 78.4 Å². The predicted molar refractivity (Wildman–Crippen MR) is 118 cm³/mol. The first-order valence-corrected chi connectivity index (χ1v) is 10.1. The van der Waals surface area contributed by atoms with E-state index >= 15 is 0 Å². The number of hydrogen-bond donors (Lipinski definition) is 1. The summed E-state index contributed by atoms with van der Waals surface area (Å²) in [5, 5.41) is 3.80. The van der Waals surface area contributed by atoms with Crippen molar-refractivity contribution in [3.63, 3.8) is 0 Å². The molecule has 6 heteroatoms. The lowest BCUT2D eigenvalue weighted by molar-refractivity contribution is 0.102. The van der Waals surface area contributed by atoms with E-state index in [-0.39, 0.29) is 5.91 Å². The highest BCUT2D eigenvalue weighted by molar-refractivity contribution is 6.12. The fourth-order valence-corrected chi connectivity index (χ4v) is 3.24. The summed E-state index contributed by atoms with van der Waals surface area (Å²) >= 11 is 0. The molecule has 0 saturated carbocycles. The van der Waals surface area contributed by atoms with Crippen molar-refractivity contribution < 1.29 is 9.53 Å². The number of nitrogens with zero attached hydrogens (tertiary/aromatic N) is 3. The number of pyridine rings is 1. The van der Waals surface area contributed by atoms with Gasteiger partial charge >= 0.3 is 0 Å². The van der Waals surface area contributed by atoms with Crippen molar-refractivity contribution in [2.75, 3.05) is 11.9 Å². The van der Waals surface area contributed by atoms with Gasteiger partial charge in [-0.2, -0.15) is 0 Å². The number of rotatable bonds is 7. The van der Waals surface area contributed by atoms with E-state index in [1.807, 2.05) is 66.2 Å². The molecule has 6 nitrogen and oxygen atoms in total. The quantitative estimate of drug-likeness (QED) is 0.435. The number of aromatic nitrogens is 3. The van der Waals surface area contributed by atoms with Crippen LogP contribution in [0.2, 0.25) is 0 Å². The van der Waals surface area contributed by atoms with Crippen LogP contribution in [-0.4, -0.2) is 27.0 Å². The van der Waals surface area contributed by atoms with Gasteiger partial charge in [0.1, 0.15) is 0 Å². The molecule has 2 aromatic carbocycles. The minimum Gasteiger partial charge on any atom is -0.478 e. The molecule has 0 atom stereocenters. The summed E-state index contributed by atoms with van der Waals surface area (Å²) in [7, 11) is 0. The van der Waals surface area contributed by atoms with Gasteiger partial charge in [-0.15, -0.1) is 0 Å². The largest absolute Gasteiger partial charge is 0.478 e. The topological polar surface area (TPSA) is 69.0 Å². The van der Waals surface area contributed by atoms with E-state index in [0.29, 0.717) is 23.7 Å². The Morgan fingerprint density at radius 1 is 1.13 bits per heavy atom. The molecule has 0 fully saturated rings. The van der Waals surface area contributed by atoms with E-state index in [1.165, 1.54) is 0 Å².